The van der Waals surface area contributed by atoms with Gasteiger partial charge in [-0.25, -0.2) is 0 Å². The fraction of sp³-hybridized carbons (Fsp3) is 0.840. The molecule has 0 aromatic heterocycles. The lowest BCUT2D eigenvalue weighted by molar-refractivity contribution is -0.158. The monoisotopic (exact) mass is 422 g/mol. The fourth-order valence-electron chi connectivity index (χ4n) is 5.12. The first-order chi connectivity index (χ1) is 14.3. The summed E-state index contributed by atoms with van der Waals surface area (Å²) >= 11 is 0. The van der Waals surface area contributed by atoms with Crippen LogP contribution in [-0.2, 0) is 14.3 Å². The third-order valence-corrected chi connectivity index (χ3v) is 7.00. The minimum absolute atomic E-state index is 0.0329. The molecule has 30 heavy (non-hydrogen) atoms. The summed E-state index contributed by atoms with van der Waals surface area (Å²) in [5, 5.41) is 19.1. The SMILES string of the molecule is CC(C)C1CC[C@@H](C)CC1OC(=O)CC1C(=O)C[C@H](O)[C@@H]1/C=C/CCCCCCO. The van der Waals surface area contributed by atoms with Crippen molar-refractivity contribution in [1.82, 2.24) is 0 Å². The Morgan fingerprint density at radius 1 is 1.20 bits per heavy atom. The van der Waals surface area contributed by atoms with Crippen LogP contribution < -0.4 is 0 Å². The van der Waals surface area contributed by atoms with Crippen molar-refractivity contribution >= 4 is 11.8 Å². The Bertz CT molecular complexity index is 570. The summed E-state index contributed by atoms with van der Waals surface area (Å²) in [5.41, 5.74) is 0. The van der Waals surface area contributed by atoms with Crippen LogP contribution in [0.2, 0.25) is 0 Å². The van der Waals surface area contributed by atoms with Gasteiger partial charge in [-0.15, -0.1) is 0 Å². The molecule has 0 radical (unpaired) electrons. The van der Waals surface area contributed by atoms with Crippen molar-refractivity contribution in [2.24, 2.45) is 29.6 Å². The lowest BCUT2D eigenvalue weighted by Gasteiger charge is -2.36. The Hall–Kier alpha value is -1.20. The number of carbonyl (C=O) groups is 2. The molecule has 2 aliphatic rings. The average molecular weight is 423 g/mol. The molecule has 2 fully saturated rings. The summed E-state index contributed by atoms with van der Waals surface area (Å²) in [6, 6.07) is 0. The minimum Gasteiger partial charge on any atom is -0.462 e. The van der Waals surface area contributed by atoms with Gasteiger partial charge in [0.2, 0.25) is 0 Å². The normalized spacial score (nSPS) is 32.3. The van der Waals surface area contributed by atoms with Crippen LogP contribution in [0.15, 0.2) is 12.2 Å². The molecule has 0 amide bonds. The molecular weight excluding hydrogens is 380 g/mol. The van der Waals surface area contributed by atoms with Gasteiger partial charge in [0, 0.05) is 24.9 Å². The highest BCUT2D eigenvalue weighted by Crippen LogP contribution is 2.37. The highest BCUT2D eigenvalue weighted by atomic mass is 16.5. The quantitative estimate of drug-likeness (QED) is 0.292. The second-order valence-corrected chi connectivity index (χ2v) is 9.83. The van der Waals surface area contributed by atoms with Gasteiger partial charge >= 0.3 is 5.97 Å². The van der Waals surface area contributed by atoms with Crippen molar-refractivity contribution in [3.8, 4) is 0 Å². The second-order valence-electron chi connectivity index (χ2n) is 9.83. The van der Waals surface area contributed by atoms with Gasteiger partial charge in [-0.1, -0.05) is 52.2 Å². The first-order valence-corrected chi connectivity index (χ1v) is 12.0. The Morgan fingerprint density at radius 3 is 2.63 bits per heavy atom. The molecule has 0 bridgehead atoms. The van der Waals surface area contributed by atoms with Gasteiger partial charge in [0.25, 0.3) is 0 Å². The highest BCUT2D eigenvalue weighted by molar-refractivity contribution is 5.88. The molecule has 0 aliphatic heterocycles. The standard InChI is InChI=1S/C25H42O5/c1-17(2)19-12-11-18(3)14-24(19)30-25(29)15-21-20(22(27)16-23(21)28)10-8-6-4-5-7-9-13-26/h8,10,17-22,24,26-27H,4-7,9,11-16H2,1-3H3/b10-8+/t18-,19?,20-,21?,22+,24?/m1/s1. The van der Waals surface area contributed by atoms with Crippen molar-refractivity contribution in [1.29, 1.82) is 0 Å². The van der Waals surface area contributed by atoms with E-state index >= 15 is 0 Å². The highest BCUT2D eigenvalue weighted by Gasteiger charge is 2.42. The first-order valence-electron chi connectivity index (χ1n) is 12.0. The van der Waals surface area contributed by atoms with Crippen LogP contribution in [-0.4, -0.2) is 40.8 Å². The van der Waals surface area contributed by atoms with E-state index in [2.05, 4.69) is 20.8 Å². The molecule has 2 rings (SSSR count). The van der Waals surface area contributed by atoms with Gasteiger partial charge in [-0.3, -0.25) is 9.59 Å². The fourth-order valence-corrected chi connectivity index (χ4v) is 5.12. The van der Waals surface area contributed by atoms with Crippen molar-refractivity contribution < 1.29 is 24.5 Å². The van der Waals surface area contributed by atoms with Crippen molar-refractivity contribution in [3.63, 3.8) is 0 Å². The molecule has 2 aliphatic carbocycles. The number of aliphatic hydroxyl groups excluding tert-OH is 2. The van der Waals surface area contributed by atoms with E-state index in [9.17, 15) is 14.7 Å². The maximum absolute atomic E-state index is 12.7. The molecule has 5 heteroatoms. The van der Waals surface area contributed by atoms with Crippen LogP contribution >= 0.6 is 0 Å². The molecule has 0 spiro atoms. The van der Waals surface area contributed by atoms with E-state index in [0.717, 1.165) is 44.9 Å². The maximum Gasteiger partial charge on any atom is 0.306 e. The summed E-state index contributed by atoms with van der Waals surface area (Å²) in [6.45, 7) is 6.81. The van der Waals surface area contributed by atoms with Crippen LogP contribution in [0, 0.1) is 29.6 Å². The van der Waals surface area contributed by atoms with Gasteiger partial charge in [0.15, 0.2) is 0 Å². The number of ketones is 1. The number of ether oxygens (including phenoxy) is 1. The van der Waals surface area contributed by atoms with Crippen molar-refractivity contribution in [2.45, 2.75) is 97.2 Å². The topological polar surface area (TPSA) is 83.8 Å². The van der Waals surface area contributed by atoms with Gasteiger partial charge < -0.3 is 14.9 Å². The number of allylic oxidation sites excluding steroid dienone is 1. The molecule has 172 valence electrons. The predicted molar refractivity (Wildman–Crippen MR) is 118 cm³/mol. The van der Waals surface area contributed by atoms with Gasteiger partial charge in [0.1, 0.15) is 11.9 Å². The zero-order valence-corrected chi connectivity index (χ0v) is 19.1. The average Bonchev–Trinajstić information content (AvgIpc) is 2.93. The molecule has 5 nitrogen and oxygen atoms in total. The maximum atomic E-state index is 12.7. The van der Waals surface area contributed by atoms with Crippen LogP contribution in [0.1, 0.15) is 85.0 Å². The Balaban J connectivity index is 1.88. The molecular formula is C25H42O5. The summed E-state index contributed by atoms with van der Waals surface area (Å²) in [5.74, 6) is 0.310. The number of aliphatic hydroxyl groups is 2. The number of hydrogen-bond acceptors (Lipinski definition) is 5. The van der Waals surface area contributed by atoms with E-state index in [-0.39, 0.29) is 43.2 Å². The number of Topliss-reactive ketones (excluding diaryl/α,β-unsaturated/α-hetero) is 1. The third kappa shape index (κ3) is 7.49. The number of rotatable bonds is 11. The van der Waals surface area contributed by atoms with Crippen LogP contribution in [0.25, 0.3) is 0 Å². The molecule has 2 N–H and O–H groups in total. The predicted octanol–water partition coefficient (Wildman–Crippen LogP) is 4.45. The van der Waals surface area contributed by atoms with Crippen molar-refractivity contribution in [3.05, 3.63) is 12.2 Å². The zero-order valence-electron chi connectivity index (χ0n) is 19.1. The summed E-state index contributed by atoms with van der Waals surface area (Å²) < 4.78 is 5.89. The van der Waals surface area contributed by atoms with Crippen LogP contribution in [0.3, 0.4) is 0 Å². The molecule has 0 heterocycles. The largest absolute Gasteiger partial charge is 0.462 e. The summed E-state index contributed by atoms with van der Waals surface area (Å²) in [4.78, 5) is 25.1. The molecule has 6 atom stereocenters. The molecule has 2 saturated carbocycles. The summed E-state index contributed by atoms with van der Waals surface area (Å²) in [6.07, 6.45) is 11.4. The van der Waals surface area contributed by atoms with E-state index in [1.165, 1.54) is 6.42 Å². The lowest BCUT2D eigenvalue weighted by Crippen LogP contribution is -2.36. The summed E-state index contributed by atoms with van der Waals surface area (Å²) in [7, 11) is 0. The first kappa shape index (κ1) is 25.1. The van der Waals surface area contributed by atoms with E-state index < -0.39 is 12.0 Å². The van der Waals surface area contributed by atoms with Crippen LogP contribution in [0.5, 0.6) is 0 Å². The van der Waals surface area contributed by atoms with Crippen LogP contribution in [0.4, 0.5) is 0 Å². The lowest BCUT2D eigenvalue weighted by atomic mass is 9.75. The molecule has 3 unspecified atom stereocenters. The molecule has 0 saturated heterocycles. The van der Waals surface area contributed by atoms with E-state index in [1.54, 1.807) is 0 Å². The second kappa shape index (κ2) is 12.6. The Labute approximate surface area is 182 Å². The molecule has 0 aromatic rings. The van der Waals surface area contributed by atoms with Crippen molar-refractivity contribution in [2.75, 3.05) is 6.61 Å². The number of esters is 1. The minimum atomic E-state index is -0.709. The smallest absolute Gasteiger partial charge is 0.306 e. The van der Waals surface area contributed by atoms with Gasteiger partial charge in [-0.05, 0) is 49.9 Å². The zero-order chi connectivity index (χ0) is 22.1. The van der Waals surface area contributed by atoms with E-state index in [4.69, 9.17) is 9.84 Å². The van der Waals surface area contributed by atoms with Gasteiger partial charge in [-0.2, -0.15) is 0 Å². The van der Waals surface area contributed by atoms with Gasteiger partial charge in [0.05, 0.1) is 12.5 Å². The van der Waals surface area contributed by atoms with E-state index in [1.807, 2.05) is 12.2 Å². The third-order valence-electron chi connectivity index (χ3n) is 7.00. The number of carbonyl (C=O) groups excluding carboxylic acids is 2. The van der Waals surface area contributed by atoms with E-state index in [0.29, 0.717) is 17.8 Å². The number of unbranched alkanes of at least 4 members (excludes halogenated alkanes) is 4. The Kier molecular flexibility index (Phi) is 10.5. The number of hydrogen-bond donors (Lipinski definition) is 2. The molecule has 0 aromatic carbocycles. The Morgan fingerprint density at radius 2 is 1.93 bits per heavy atom.